The molecule has 3 atom stereocenters. The lowest BCUT2D eigenvalue weighted by atomic mass is 10.00. The van der Waals surface area contributed by atoms with Crippen molar-refractivity contribution in [1.82, 2.24) is 20.8 Å². The van der Waals surface area contributed by atoms with E-state index < -0.39 is 5.97 Å². The highest BCUT2D eigenvalue weighted by molar-refractivity contribution is 8.14. The number of nitrogens with zero attached hydrogens (tertiary/aromatic N) is 3. The number of nitrogens with one attached hydrogen (secondary N) is 3. The Morgan fingerprint density at radius 1 is 1.17 bits per heavy atom. The van der Waals surface area contributed by atoms with Gasteiger partial charge in [-0.3, -0.25) is 10.2 Å². The number of carbonyl (C=O) groups is 2. The summed E-state index contributed by atoms with van der Waals surface area (Å²) in [5.74, 6) is -0.633. The van der Waals surface area contributed by atoms with E-state index in [4.69, 9.17) is 4.74 Å². The minimum absolute atomic E-state index is 0.0704. The van der Waals surface area contributed by atoms with Gasteiger partial charge in [-0.2, -0.15) is 5.10 Å². The molecular weight excluding hydrogens is 471 g/mol. The fourth-order valence-electron chi connectivity index (χ4n) is 4.29. The van der Waals surface area contributed by atoms with Crippen molar-refractivity contribution >= 4 is 34.5 Å². The Bertz CT molecular complexity index is 1160. The zero-order valence-electron chi connectivity index (χ0n) is 19.0. The minimum Gasteiger partial charge on any atom is -0.462 e. The summed E-state index contributed by atoms with van der Waals surface area (Å²) < 4.78 is 18.3. The highest BCUT2D eigenvalue weighted by Gasteiger charge is 2.44. The Morgan fingerprint density at radius 3 is 2.69 bits per heavy atom. The summed E-state index contributed by atoms with van der Waals surface area (Å²) in [4.78, 5) is 26.3. The van der Waals surface area contributed by atoms with E-state index in [9.17, 15) is 14.0 Å². The molecule has 0 spiro atoms. The van der Waals surface area contributed by atoms with Crippen molar-refractivity contribution in [2.75, 3.05) is 17.7 Å². The summed E-state index contributed by atoms with van der Waals surface area (Å²) >= 11 is 1.34. The van der Waals surface area contributed by atoms with Gasteiger partial charge in [-0.15, -0.1) is 0 Å². The number of anilines is 1. The molecule has 5 rings (SSSR count). The quantitative estimate of drug-likeness (QED) is 0.525. The maximum atomic E-state index is 13.3. The van der Waals surface area contributed by atoms with Crippen molar-refractivity contribution in [1.29, 1.82) is 0 Å². The Labute approximate surface area is 206 Å². The van der Waals surface area contributed by atoms with E-state index in [1.54, 1.807) is 43.3 Å². The molecule has 2 aromatic rings. The van der Waals surface area contributed by atoms with Gasteiger partial charge >= 0.3 is 5.97 Å². The molecule has 9 nitrogen and oxygen atoms in total. The standard InChI is InChI=1S/C24H25FN6O3S/c1-2-34-23(33)16-5-9-18(10-6-16)26-21(32)14-35-24-28-27-22-20-13-19(15-3-7-17(25)8-4-15)29-31(20)12-11-30(22)24/h3-12,19-20,22,27,29H,2,13-14H2,1H3,(H,26,32). The first-order valence-electron chi connectivity index (χ1n) is 11.3. The molecule has 3 unspecified atom stereocenters. The van der Waals surface area contributed by atoms with Gasteiger partial charge in [0.15, 0.2) is 5.17 Å². The predicted octanol–water partition coefficient (Wildman–Crippen LogP) is 2.98. The van der Waals surface area contributed by atoms with Gasteiger partial charge in [-0.25, -0.2) is 14.6 Å². The van der Waals surface area contributed by atoms with E-state index >= 15 is 0 Å². The number of thioether (sulfide) groups is 1. The molecule has 1 saturated heterocycles. The zero-order chi connectivity index (χ0) is 24.4. The van der Waals surface area contributed by atoms with Gasteiger partial charge in [-0.1, -0.05) is 23.9 Å². The van der Waals surface area contributed by atoms with Crippen LogP contribution in [0.1, 0.15) is 35.3 Å². The van der Waals surface area contributed by atoms with E-state index in [0.717, 1.165) is 12.0 Å². The number of amidine groups is 1. The summed E-state index contributed by atoms with van der Waals surface area (Å²) in [7, 11) is 0. The number of hydrogen-bond donors (Lipinski definition) is 3. The molecule has 0 radical (unpaired) electrons. The monoisotopic (exact) mass is 496 g/mol. The second kappa shape index (κ2) is 9.96. The predicted molar refractivity (Wildman–Crippen MR) is 131 cm³/mol. The number of carbonyl (C=O) groups excluding carboxylic acids is 2. The Hall–Kier alpha value is -3.57. The number of ether oxygens (including phenoxy) is 1. The third-order valence-corrected chi connectivity index (χ3v) is 6.96. The van der Waals surface area contributed by atoms with Crippen LogP contribution in [-0.4, -0.2) is 51.5 Å². The molecule has 0 bridgehead atoms. The lowest BCUT2D eigenvalue weighted by Crippen LogP contribution is -2.54. The molecule has 182 valence electrons. The normalized spacial score (nSPS) is 22.2. The van der Waals surface area contributed by atoms with Crippen molar-refractivity contribution in [3.63, 3.8) is 0 Å². The van der Waals surface area contributed by atoms with Gasteiger partial charge in [0.05, 0.1) is 30.0 Å². The molecular formula is C24H25FN6O3S. The number of fused-ring (bicyclic) bond motifs is 3. The number of hydrazone groups is 1. The number of esters is 1. The zero-order valence-corrected chi connectivity index (χ0v) is 19.8. The number of hydrogen-bond acceptors (Lipinski definition) is 9. The lowest BCUT2D eigenvalue weighted by molar-refractivity contribution is -0.113. The van der Waals surface area contributed by atoms with Crippen molar-refractivity contribution in [2.45, 2.75) is 31.6 Å². The number of halogens is 1. The van der Waals surface area contributed by atoms with Gasteiger partial charge in [0, 0.05) is 18.1 Å². The van der Waals surface area contributed by atoms with E-state index in [0.29, 0.717) is 23.0 Å². The fraction of sp³-hybridized carbons (Fsp3) is 0.292. The number of benzene rings is 2. The Balaban J connectivity index is 1.13. The van der Waals surface area contributed by atoms with Gasteiger partial charge in [0.2, 0.25) is 5.91 Å². The number of rotatable bonds is 6. The van der Waals surface area contributed by atoms with Crippen LogP contribution in [0.5, 0.6) is 0 Å². The number of amides is 1. The molecule has 0 aromatic heterocycles. The van der Waals surface area contributed by atoms with E-state index in [-0.39, 0.29) is 35.7 Å². The Morgan fingerprint density at radius 2 is 1.94 bits per heavy atom. The number of hydrazine groups is 1. The summed E-state index contributed by atoms with van der Waals surface area (Å²) in [6.07, 6.45) is 4.64. The van der Waals surface area contributed by atoms with Gasteiger partial charge < -0.3 is 20.0 Å². The van der Waals surface area contributed by atoms with Crippen LogP contribution >= 0.6 is 11.8 Å². The van der Waals surface area contributed by atoms with Crippen LogP contribution < -0.4 is 16.2 Å². The first-order chi connectivity index (χ1) is 17.0. The smallest absolute Gasteiger partial charge is 0.338 e. The average molecular weight is 497 g/mol. The summed E-state index contributed by atoms with van der Waals surface area (Å²) in [5, 5.41) is 10.0. The first kappa shape index (κ1) is 23.2. The molecule has 0 aliphatic carbocycles. The van der Waals surface area contributed by atoms with E-state index in [2.05, 4.69) is 26.3 Å². The summed E-state index contributed by atoms with van der Waals surface area (Å²) in [6.45, 7) is 2.06. The fourth-order valence-corrected chi connectivity index (χ4v) is 5.07. The van der Waals surface area contributed by atoms with Crippen molar-refractivity contribution < 1.29 is 18.7 Å². The first-order valence-corrected chi connectivity index (χ1v) is 12.3. The molecule has 1 amide bonds. The molecule has 3 aliphatic heterocycles. The summed E-state index contributed by atoms with van der Waals surface area (Å²) in [6, 6.07) is 13.3. The maximum Gasteiger partial charge on any atom is 0.338 e. The third-order valence-electron chi connectivity index (χ3n) is 5.99. The van der Waals surface area contributed by atoms with E-state index in [1.165, 1.54) is 23.9 Å². The second-order valence-electron chi connectivity index (χ2n) is 8.25. The van der Waals surface area contributed by atoms with Crippen molar-refractivity contribution in [3.05, 3.63) is 77.9 Å². The highest BCUT2D eigenvalue weighted by atomic mass is 32.2. The topological polar surface area (TPSA) is 98.3 Å². The molecule has 1 fully saturated rings. The van der Waals surface area contributed by atoms with Crippen LogP contribution in [0.4, 0.5) is 10.1 Å². The third kappa shape index (κ3) is 4.96. The molecule has 3 N–H and O–H groups in total. The molecule has 11 heteroatoms. The van der Waals surface area contributed by atoms with Gasteiger partial charge in [0.25, 0.3) is 0 Å². The van der Waals surface area contributed by atoms with E-state index in [1.807, 2.05) is 17.3 Å². The maximum absolute atomic E-state index is 13.3. The van der Waals surface area contributed by atoms with Crippen LogP contribution in [0, 0.1) is 5.82 Å². The summed E-state index contributed by atoms with van der Waals surface area (Å²) in [5.41, 5.74) is 8.71. The van der Waals surface area contributed by atoms with Crippen molar-refractivity contribution in [3.8, 4) is 0 Å². The van der Waals surface area contributed by atoms with Gasteiger partial charge in [0.1, 0.15) is 12.0 Å². The van der Waals surface area contributed by atoms with Crippen LogP contribution in [0.25, 0.3) is 0 Å². The van der Waals surface area contributed by atoms with Crippen LogP contribution in [0.2, 0.25) is 0 Å². The van der Waals surface area contributed by atoms with Crippen molar-refractivity contribution in [2.24, 2.45) is 5.10 Å². The largest absolute Gasteiger partial charge is 0.462 e. The molecule has 2 aromatic carbocycles. The van der Waals surface area contributed by atoms with Crippen LogP contribution in [0.3, 0.4) is 0 Å². The molecule has 35 heavy (non-hydrogen) atoms. The van der Waals surface area contributed by atoms with Crippen LogP contribution in [0.15, 0.2) is 66.0 Å². The highest BCUT2D eigenvalue weighted by Crippen LogP contribution is 2.35. The molecule has 0 saturated carbocycles. The minimum atomic E-state index is -0.392. The SMILES string of the molecule is CCOC(=O)c1ccc(NC(=O)CSC2=NNC3C4CC(c5ccc(F)cc5)NN4C=CN23)cc1. The van der Waals surface area contributed by atoms with Gasteiger partial charge in [-0.05, 0) is 55.3 Å². The van der Waals surface area contributed by atoms with Crippen LogP contribution in [-0.2, 0) is 9.53 Å². The average Bonchev–Trinajstić information content (AvgIpc) is 3.48. The lowest BCUT2D eigenvalue weighted by Gasteiger charge is -2.36. The molecule has 3 aliphatic rings. The Kier molecular flexibility index (Phi) is 6.60. The second-order valence-corrected chi connectivity index (χ2v) is 9.19. The molecule has 3 heterocycles.